The first-order chi connectivity index (χ1) is 12.6. The molecule has 0 fully saturated rings. The van der Waals surface area contributed by atoms with Crippen LogP contribution in [0.2, 0.25) is 5.02 Å². The van der Waals surface area contributed by atoms with Gasteiger partial charge in [0.05, 0.1) is 10.4 Å². The molecule has 0 spiro atoms. The van der Waals surface area contributed by atoms with E-state index in [1.165, 1.54) is 11.3 Å². The zero-order chi connectivity index (χ0) is 18.3. The second-order valence-electron chi connectivity index (χ2n) is 5.82. The lowest BCUT2D eigenvalue weighted by Gasteiger charge is -2.12. The number of hydrogen-bond acceptors (Lipinski definition) is 5. The lowest BCUT2D eigenvalue weighted by atomic mass is 10.3. The lowest BCUT2D eigenvalue weighted by molar-refractivity contribution is 0.722. The average molecular weight is 402 g/mol. The average Bonchev–Trinajstić information content (AvgIpc) is 3.12. The predicted octanol–water partition coefficient (Wildman–Crippen LogP) is 3.11. The van der Waals surface area contributed by atoms with E-state index in [0.717, 1.165) is 30.4 Å². The van der Waals surface area contributed by atoms with Gasteiger partial charge in [-0.25, -0.2) is 0 Å². The minimum atomic E-state index is 0.0473. The summed E-state index contributed by atoms with van der Waals surface area (Å²) in [4.78, 5) is 20.2. The minimum Gasteiger partial charge on any atom is -0.337 e. The van der Waals surface area contributed by atoms with Gasteiger partial charge in [0.25, 0.3) is 5.56 Å². The van der Waals surface area contributed by atoms with Crippen molar-refractivity contribution in [3.05, 3.63) is 72.9 Å². The van der Waals surface area contributed by atoms with E-state index in [9.17, 15) is 4.79 Å². The Bertz CT molecular complexity index is 1150. The smallest absolute Gasteiger partial charge is 0.271 e. The summed E-state index contributed by atoms with van der Waals surface area (Å²) in [5.41, 5.74) is 2.11. The van der Waals surface area contributed by atoms with Crippen LogP contribution in [0.25, 0.3) is 11.1 Å². The van der Waals surface area contributed by atoms with Crippen molar-refractivity contribution < 1.29 is 0 Å². The van der Waals surface area contributed by atoms with Crippen LogP contribution in [0.4, 0.5) is 5.69 Å². The van der Waals surface area contributed by atoms with Crippen LogP contribution in [0, 0.1) is 0 Å². The molecule has 0 N–H and O–H groups in total. The fourth-order valence-corrected chi connectivity index (χ4v) is 5.51. The highest BCUT2D eigenvalue weighted by molar-refractivity contribution is 8.08. The van der Waals surface area contributed by atoms with Gasteiger partial charge in [-0.15, -0.1) is 11.3 Å². The van der Waals surface area contributed by atoms with Crippen molar-refractivity contribution in [2.24, 2.45) is 0 Å². The topological polar surface area (TPSA) is 38.1 Å². The Kier molecular flexibility index (Phi) is 4.65. The summed E-state index contributed by atoms with van der Waals surface area (Å²) in [6.07, 6.45) is 5.54. The van der Waals surface area contributed by atoms with Crippen LogP contribution in [0.5, 0.6) is 0 Å². The second-order valence-corrected chi connectivity index (χ2v) is 8.32. The molecule has 26 heavy (non-hydrogen) atoms. The molecule has 1 aliphatic rings. The lowest BCUT2D eigenvalue weighted by Crippen LogP contribution is -2.33. The van der Waals surface area contributed by atoms with Gasteiger partial charge in [0.15, 0.2) is 0 Å². The molecule has 0 radical (unpaired) electrons. The van der Waals surface area contributed by atoms with Gasteiger partial charge in [-0.3, -0.25) is 14.3 Å². The molecule has 2 aromatic heterocycles. The largest absolute Gasteiger partial charge is 0.337 e. The van der Waals surface area contributed by atoms with E-state index in [2.05, 4.69) is 9.88 Å². The van der Waals surface area contributed by atoms with Gasteiger partial charge in [-0.05, 0) is 48.9 Å². The van der Waals surface area contributed by atoms with Crippen LogP contribution >= 0.6 is 34.7 Å². The normalized spacial score (nSPS) is 16.3. The Labute approximate surface area is 164 Å². The molecular weight excluding hydrogens is 386 g/mol. The van der Waals surface area contributed by atoms with Gasteiger partial charge in [0, 0.05) is 35.9 Å². The van der Waals surface area contributed by atoms with E-state index in [0.29, 0.717) is 11.6 Å². The first kappa shape index (κ1) is 17.4. The second kappa shape index (κ2) is 6.95. The maximum absolute atomic E-state index is 13.0. The highest BCUT2D eigenvalue weighted by Gasteiger charge is 2.24. The monoisotopic (exact) mass is 401 g/mol. The quantitative estimate of drug-likeness (QED) is 0.661. The fourth-order valence-electron chi connectivity index (χ4n) is 2.89. The highest BCUT2D eigenvalue weighted by Crippen LogP contribution is 2.46. The van der Waals surface area contributed by atoms with Crippen LogP contribution in [0.1, 0.15) is 12.5 Å². The summed E-state index contributed by atoms with van der Waals surface area (Å²) in [5.74, 6) is 0. The number of aromatic nitrogens is 2. The molecule has 3 heterocycles. The molecule has 132 valence electrons. The molecule has 0 bridgehead atoms. The predicted molar refractivity (Wildman–Crippen MR) is 110 cm³/mol. The minimum absolute atomic E-state index is 0.0473. The number of hydrogen-bond donors (Lipinski definition) is 0. The summed E-state index contributed by atoms with van der Waals surface area (Å²) in [6.45, 7) is 2.62. The molecule has 0 aliphatic carbocycles. The van der Waals surface area contributed by atoms with Crippen molar-refractivity contribution in [2.45, 2.75) is 18.4 Å². The molecule has 0 saturated carbocycles. The Hall–Kier alpha value is -2.02. The van der Waals surface area contributed by atoms with Crippen molar-refractivity contribution in [1.82, 2.24) is 9.55 Å². The third-order valence-electron chi connectivity index (χ3n) is 4.21. The molecule has 1 aliphatic heterocycles. The Morgan fingerprint density at radius 1 is 1.23 bits per heavy atom. The van der Waals surface area contributed by atoms with Crippen LogP contribution < -0.4 is 19.7 Å². The number of benzene rings is 1. The number of thiazole rings is 1. The number of nitrogens with zero attached hydrogens (tertiary/aromatic N) is 3. The standard InChI is InChI=1S/C19H16ClN3OS2/c1-3-23-16(10-12-6-8-21-9-7-12)26-17(18(23)24)19-22(2)14-11-13(20)4-5-15(14)25-19/h4-11H,3H2,1-2H3/b16-10-,19-17-. The van der Waals surface area contributed by atoms with Crippen LogP contribution in [-0.4, -0.2) is 16.6 Å². The highest BCUT2D eigenvalue weighted by atomic mass is 35.5. The summed E-state index contributed by atoms with van der Waals surface area (Å²) < 4.78 is 3.51. The number of thioether (sulfide) groups is 1. The van der Waals surface area contributed by atoms with Crippen LogP contribution in [0.3, 0.4) is 0 Å². The first-order valence-electron chi connectivity index (χ1n) is 8.15. The molecule has 0 amide bonds. The third kappa shape index (κ3) is 2.98. The van der Waals surface area contributed by atoms with E-state index >= 15 is 0 Å². The van der Waals surface area contributed by atoms with E-state index < -0.39 is 0 Å². The Morgan fingerprint density at radius 3 is 2.73 bits per heavy atom. The summed E-state index contributed by atoms with van der Waals surface area (Å²) in [7, 11) is 1.98. The van der Waals surface area contributed by atoms with Crippen LogP contribution in [-0.2, 0) is 6.54 Å². The first-order valence-corrected chi connectivity index (χ1v) is 10.2. The Morgan fingerprint density at radius 2 is 2.00 bits per heavy atom. The van der Waals surface area contributed by atoms with Crippen molar-refractivity contribution in [3.63, 3.8) is 0 Å². The molecule has 0 unspecified atom stereocenters. The van der Waals surface area contributed by atoms with Crippen molar-refractivity contribution in [1.29, 1.82) is 0 Å². The molecule has 1 aromatic carbocycles. The third-order valence-corrected chi connectivity index (χ3v) is 6.93. The van der Waals surface area contributed by atoms with Crippen molar-refractivity contribution in [3.8, 4) is 0 Å². The van der Waals surface area contributed by atoms with Gasteiger partial charge < -0.3 is 4.90 Å². The van der Waals surface area contributed by atoms with E-state index in [1.807, 2.05) is 54.9 Å². The maximum Gasteiger partial charge on any atom is 0.271 e. The van der Waals surface area contributed by atoms with Gasteiger partial charge in [-0.2, -0.15) is 0 Å². The number of rotatable bonds is 2. The van der Waals surface area contributed by atoms with E-state index in [1.54, 1.807) is 24.2 Å². The number of pyridine rings is 1. The Balaban J connectivity index is 1.93. The number of halogens is 1. The molecular formula is C19H16ClN3OS2. The fraction of sp³-hybridized carbons (Fsp3) is 0.158. The van der Waals surface area contributed by atoms with Crippen molar-refractivity contribution in [2.75, 3.05) is 11.9 Å². The van der Waals surface area contributed by atoms with Crippen molar-refractivity contribution >= 4 is 51.5 Å². The van der Waals surface area contributed by atoms with Gasteiger partial charge >= 0.3 is 0 Å². The SMILES string of the molecule is CCn1c(=O)/c(=C2/Sc3ccc(Cl)cc3N2C)s/c1=C\c1ccncc1. The number of fused-ring (bicyclic) bond motifs is 1. The molecule has 4 nitrogen and oxygen atoms in total. The zero-order valence-electron chi connectivity index (χ0n) is 14.3. The van der Waals surface area contributed by atoms with E-state index in [4.69, 9.17) is 11.6 Å². The van der Waals surface area contributed by atoms with Gasteiger partial charge in [0.1, 0.15) is 9.56 Å². The summed E-state index contributed by atoms with van der Waals surface area (Å²) in [6, 6.07) is 9.69. The van der Waals surface area contributed by atoms with E-state index in [-0.39, 0.29) is 5.56 Å². The summed E-state index contributed by atoms with van der Waals surface area (Å²) >= 11 is 9.28. The molecule has 3 aromatic rings. The molecule has 0 saturated heterocycles. The summed E-state index contributed by atoms with van der Waals surface area (Å²) in [5, 5.41) is 1.65. The maximum atomic E-state index is 13.0. The molecule has 4 rings (SSSR count). The van der Waals surface area contributed by atoms with Gasteiger partial charge in [0.2, 0.25) is 0 Å². The van der Waals surface area contributed by atoms with Crippen LogP contribution in [0.15, 0.2) is 52.4 Å². The molecule has 0 atom stereocenters. The number of anilines is 1. The zero-order valence-corrected chi connectivity index (χ0v) is 16.7. The molecule has 7 heteroatoms. The van der Waals surface area contributed by atoms with Gasteiger partial charge in [-0.1, -0.05) is 23.4 Å².